The molecule has 0 bridgehead atoms. The molecule has 0 aromatic carbocycles. The van der Waals surface area contributed by atoms with Gasteiger partial charge in [0.2, 0.25) is 0 Å². The molecule has 18 heavy (non-hydrogen) atoms. The molecule has 6 nitrogen and oxygen atoms in total. The average molecular weight is 251 g/mol. The van der Waals surface area contributed by atoms with Crippen LogP contribution in [0.2, 0.25) is 0 Å². The number of aliphatic carboxylic acids is 1. The van der Waals surface area contributed by atoms with E-state index in [1.165, 1.54) is 11.1 Å². The molecule has 0 fully saturated rings. The smallest absolute Gasteiger partial charge is 0.323 e. The Hall–Kier alpha value is -2.11. The van der Waals surface area contributed by atoms with E-state index in [4.69, 9.17) is 5.11 Å². The van der Waals surface area contributed by atoms with Crippen molar-refractivity contribution in [2.45, 2.75) is 6.92 Å². The molecule has 1 N–H and O–H groups in total. The topological polar surface area (TPSA) is 73.7 Å². The highest BCUT2D eigenvalue weighted by atomic mass is 16.4. The number of hydrogen-bond donors (Lipinski definition) is 1. The van der Waals surface area contributed by atoms with Crippen molar-refractivity contribution in [3.05, 3.63) is 23.9 Å². The second kappa shape index (κ2) is 6.00. The molecule has 0 aliphatic rings. The summed E-state index contributed by atoms with van der Waals surface area (Å²) in [6, 6.07) is 3.37. The van der Waals surface area contributed by atoms with Crippen molar-refractivity contribution in [1.29, 1.82) is 0 Å². The molecule has 1 aromatic heterocycles. The molecule has 0 saturated carbocycles. The lowest BCUT2D eigenvalue weighted by Crippen LogP contribution is -2.35. The fraction of sp³-hybridized carbons (Fsp3) is 0.417. The van der Waals surface area contributed by atoms with Crippen molar-refractivity contribution >= 4 is 17.7 Å². The normalized spacial score (nSPS) is 9.94. The highest BCUT2D eigenvalue weighted by Crippen LogP contribution is 2.10. The van der Waals surface area contributed by atoms with Gasteiger partial charge in [0.15, 0.2) is 0 Å². The average Bonchev–Trinajstić information content (AvgIpc) is 2.35. The van der Waals surface area contributed by atoms with E-state index in [9.17, 15) is 9.59 Å². The molecular weight excluding hydrogens is 234 g/mol. The van der Waals surface area contributed by atoms with Gasteiger partial charge in [0.05, 0.1) is 5.56 Å². The van der Waals surface area contributed by atoms with Gasteiger partial charge in [-0.25, -0.2) is 4.98 Å². The maximum atomic E-state index is 12.0. The van der Waals surface area contributed by atoms with Crippen molar-refractivity contribution in [3.63, 3.8) is 0 Å². The Morgan fingerprint density at radius 1 is 1.33 bits per heavy atom. The summed E-state index contributed by atoms with van der Waals surface area (Å²) in [5.74, 6) is -0.603. The maximum Gasteiger partial charge on any atom is 0.323 e. The van der Waals surface area contributed by atoms with Crippen molar-refractivity contribution in [2.24, 2.45) is 0 Å². The van der Waals surface area contributed by atoms with Gasteiger partial charge >= 0.3 is 5.97 Å². The monoisotopic (exact) mass is 251 g/mol. The summed E-state index contributed by atoms with van der Waals surface area (Å²) >= 11 is 0. The second-order valence-corrected chi connectivity index (χ2v) is 4.01. The minimum Gasteiger partial charge on any atom is -0.480 e. The molecule has 0 radical (unpaired) electrons. The van der Waals surface area contributed by atoms with Gasteiger partial charge in [-0.1, -0.05) is 0 Å². The van der Waals surface area contributed by atoms with Gasteiger partial charge in [-0.3, -0.25) is 9.59 Å². The van der Waals surface area contributed by atoms with Gasteiger partial charge in [0.1, 0.15) is 12.4 Å². The lowest BCUT2D eigenvalue weighted by molar-refractivity contribution is -0.137. The van der Waals surface area contributed by atoms with Crippen LogP contribution in [0.3, 0.4) is 0 Å². The van der Waals surface area contributed by atoms with Crippen LogP contribution in [0.5, 0.6) is 0 Å². The Balaban J connectivity index is 2.85. The van der Waals surface area contributed by atoms with E-state index in [-0.39, 0.29) is 12.5 Å². The van der Waals surface area contributed by atoms with E-state index in [1.807, 2.05) is 19.0 Å². The van der Waals surface area contributed by atoms with Gasteiger partial charge in [-0.05, 0) is 19.1 Å². The van der Waals surface area contributed by atoms with Crippen LogP contribution in [0.1, 0.15) is 17.3 Å². The number of nitrogens with zero attached hydrogens (tertiary/aromatic N) is 3. The Morgan fingerprint density at radius 3 is 2.39 bits per heavy atom. The molecule has 0 atom stereocenters. The van der Waals surface area contributed by atoms with Crippen molar-refractivity contribution in [1.82, 2.24) is 9.88 Å². The summed E-state index contributed by atoms with van der Waals surface area (Å²) in [6.07, 6.45) is 1.46. The van der Waals surface area contributed by atoms with Crippen molar-refractivity contribution in [2.75, 3.05) is 32.1 Å². The second-order valence-electron chi connectivity index (χ2n) is 4.01. The summed E-state index contributed by atoms with van der Waals surface area (Å²) < 4.78 is 0. The van der Waals surface area contributed by atoms with Crippen LogP contribution in [-0.4, -0.2) is 54.1 Å². The van der Waals surface area contributed by atoms with Gasteiger partial charge in [0, 0.05) is 26.8 Å². The van der Waals surface area contributed by atoms with E-state index in [2.05, 4.69) is 4.98 Å². The number of carbonyl (C=O) groups is 2. The van der Waals surface area contributed by atoms with Gasteiger partial charge in [-0.15, -0.1) is 0 Å². The van der Waals surface area contributed by atoms with Gasteiger partial charge in [0.25, 0.3) is 5.91 Å². The number of amides is 1. The van der Waals surface area contributed by atoms with Crippen LogP contribution in [0.15, 0.2) is 18.3 Å². The van der Waals surface area contributed by atoms with E-state index in [0.29, 0.717) is 12.1 Å². The Bertz CT molecular complexity index is 429. The summed E-state index contributed by atoms with van der Waals surface area (Å²) in [6.45, 7) is 1.79. The standard InChI is InChI=1S/C12H17N3O3/c1-4-15(8-11(16)17)12(18)9-5-6-10(13-7-9)14(2)3/h5-7H,4,8H2,1-3H3,(H,16,17). The number of carbonyl (C=O) groups excluding carboxylic acids is 1. The number of rotatable bonds is 5. The van der Waals surface area contributed by atoms with E-state index in [0.717, 1.165) is 5.82 Å². The number of pyridine rings is 1. The largest absolute Gasteiger partial charge is 0.480 e. The first-order valence-corrected chi connectivity index (χ1v) is 5.60. The molecular formula is C12H17N3O3. The summed E-state index contributed by atoms with van der Waals surface area (Å²) in [5.41, 5.74) is 0.392. The van der Waals surface area contributed by atoms with E-state index in [1.54, 1.807) is 19.1 Å². The Morgan fingerprint density at radius 2 is 2.00 bits per heavy atom. The zero-order chi connectivity index (χ0) is 13.7. The number of carboxylic acid groups (broad SMARTS) is 1. The zero-order valence-corrected chi connectivity index (χ0v) is 10.8. The minimum absolute atomic E-state index is 0.301. The molecule has 1 heterocycles. The predicted molar refractivity (Wildman–Crippen MR) is 67.8 cm³/mol. The number of carboxylic acids is 1. The Labute approximate surface area is 106 Å². The van der Waals surface area contributed by atoms with Crippen LogP contribution >= 0.6 is 0 Å². The SMILES string of the molecule is CCN(CC(=O)O)C(=O)c1ccc(N(C)C)nc1. The molecule has 1 aromatic rings. The quantitative estimate of drug-likeness (QED) is 0.833. The predicted octanol–water partition coefficient (Wildman–Crippen LogP) is 0.694. The van der Waals surface area contributed by atoms with Crippen molar-refractivity contribution < 1.29 is 14.7 Å². The van der Waals surface area contributed by atoms with Gasteiger partial charge in [-0.2, -0.15) is 0 Å². The van der Waals surface area contributed by atoms with Crippen LogP contribution < -0.4 is 4.90 Å². The van der Waals surface area contributed by atoms with Crippen LogP contribution in [0, 0.1) is 0 Å². The fourth-order valence-corrected chi connectivity index (χ4v) is 1.45. The summed E-state index contributed by atoms with van der Waals surface area (Å²) in [5, 5.41) is 8.71. The highest BCUT2D eigenvalue weighted by molar-refractivity contribution is 5.95. The first-order chi connectivity index (χ1) is 8.45. The third kappa shape index (κ3) is 3.44. The first-order valence-electron chi connectivity index (χ1n) is 5.60. The number of aromatic nitrogens is 1. The third-order valence-corrected chi connectivity index (χ3v) is 2.45. The molecule has 98 valence electrons. The first kappa shape index (κ1) is 14.0. The summed E-state index contributed by atoms with van der Waals surface area (Å²) in [7, 11) is 3.71. The zero-order valence-electron chi connectivity index (χ0n) is 10.8. The maximum absolute atomic E-state index is 12.0. The molecule has 0 aliphatic carbocycles. The molecule has 0 aliphatic heterocycles. The lowest BCUT2D eigenvalue weighted by Gasteiger charge is -2.18. The van der Waals surface area contributed by atoms with Crippen molar-refractivity contribution in [3.8, 4) is 0 Å². The van der Waals surface area contributed by atoms with Crippen LogP contribution in [0.25, 0.3) is 0 Å². The third-order valence-electron chi connectivity index (χ3n) is 2.45. The highest BCUT2D eigenvalue weighted by Gasteiger charge is 2.17. The molecule has 1 amide bonds. The van der Waals surface area contributed by atoms with Crippen LogP contribution in [-0.2, 0) is 4.79 Å². The van der Waals surface area contributed by atoms with E-state index >= 15 is 0 Å². The molecule has 0 spiro atoms. The van der Waals surface area contributed by atoms with Gasteiger partial charge < -0.3 is 14.9 Å². The lowest BCUT2D eigenvalue weighted by atomic mass is 10.2. The molecule has 0 saturated heterocycles. The summed E-state index contributed by atoms with van der Waals surface area (Å²) in [4.78, 5) is 29.8. The molecule has 6 heteroatoms. The molecule has 1 rings (SSSR count). The van der Waals surface area contributed by atoms with Crippen LogP contribution in [0.4, 0.5) is 5.82 Å². The number of anilines is 1. The molecule has 0 unspecified atom stereocenters. The Kier molecular flexibility index (Phi) is 4.65. The number of likely N-dealkylation sites (N-methyl/N-ethyl adjacent to an activating group) is 1. The van der Waals surface area contributed by atoms with E-state index < -0.39 is 5.97 Å². The fourth-order valence-electron chi connectivity index (χ4n) is 1.45. The number of hydrogen-bond acceptors (Lipinski definition) is 4. The minimum atomic E-state index is -1.02.